The highest BCUT2D eigenvalue weighted by Crippen LogP contribution is 2.26. The van der Waals surface area contributed by atoms with E-state index in [0.29, 0.717) is 17.8 Å². The summed E-state index contributed by atoms with van der Waals surface area (Å²) in [5.74, 6) is -1.09. The van der Waals surface area contributed by atoms with Crippen LogP contribution in [0.1, 0.15) is 28.9 Å². The first kappa shape index (κ1) is 13.9. The lowest BCUT2D eigenvalue weighted by Gasteiger charge is -2.32. The van der Waals surface area contributed by atoms with Crippen LogP contribution in [-0.4, -0.2) is 39.0 Å². The predicted molar refractivity (Wildman–Crippen MR) is 80.0 cm³/mol. The van der Waals surface area contributed by atoms with Crippen molar-refractivity contribution < 1.29 is 14.7 Å². The zero-order valence-electron chi connectivity index (χ0n) is 11.4. The molecule has 2 aromatic heterocycles. The number of carbonyl (C=O) groups is 2. The highest BCUT2D eigenvalue weighted by atomic mass is 32.1. The minimum atomic E-state index is -0.915. The van der Waals surface area contributed by atoms with E-state index in [1.807, 2.05) is 40.5 Å². The first-order valence-electron chi connectivity index (χ1n) is 6.93. The van der Waals surface area contributed by atoms with Gasteiger partial charge in [-0.15, -0.1) is 11.3 Å². The van der Waals surface area contributed by atoms with Crippen LogP contribution in [-0.2, 0) is 4.79 Å². The Kier molecular flexibility index (Phi) is 3.79. The monoisotopic (exact) mass is 304 g/mol. The van der Waals surface area contributed by atoms with Crippen LogP contribution in [0.2, 0.25) is 0 Å². The fraction of sp³-hybridized carbons (Fsp3) is 0.333. The van der Waals surface area contributed by atoms with Gasteiger partial charge in [-0.2, -0.15) is 0 Å². The van der Waals surface area contributed by atoms with E-state index in [-0.39, 0.29) is 5.91 Å². The molecule has 1 atom stereocenters. The van der Waals surface area contributed by atoms with Crippen molar-refractivity contribution in [3.05, 3.63) is 40.8 Å². The van der Waals surface area contributed by atoms with Crippen molar-refractivity contribution in [2.24, 2.45) is 0 Å². The summed E-state index contributed by atoms with van der Waals surface area (Å²) < 4.78 is 1.88. The van der Waals surface area contributed by atoms with Gasteiger partial charge in [0, 0.05) is 18.9 Å². The molecular formula is C15H16N2O3S. The molecule has 1 saturated heterocycles. The summed E-state index contributed by atoms with van der Waals surface area (Å²) in [4.78, 5) is 26.2. The molecule has 3 rings (SSSR count). The second kappa shape index (κ2) is 5.73. The Bertz CT molecular complexity index is 648. The molecule has 1 aliphatic rings. The van der Waals surface area contributed by atoms with Crippen molar-refractivity contribution in [2.75, 3.05) is 6.54 Å². The fourth-order valence-electron chi connectivity index (χ4n) is 2.72. The molecule has 3 heterocycles. The molecule has 0 aromatic carbocycles. The average Bonchev–Trinajstić information content (AvgIpc) is 3.16. The number of nitrogens with zero attached hydrogens (tertiary/aromatic N) is 2. The molecular weight excluding hydrogens is 288 g/mol. The highest BCUT2D eigenvalue weighted by Gasteiger charge is 2.33. The van der Waals surface area contributed by atoms with Gasteiger partial charge in [-0.1, -0.05) is 0 Å². The normalized spacial score (nSPS) is 18.7. The van der Waals surface area contributed by atoms with E-state index in [2.05, 4.69) is 0 Å². The molecule has 1 fully saturated rings. The number of aromatic nitrogens is 1. The smallest absolute Gasteiger partial charge is 0.326 e. The minimum Gasteiger partial charge on any atom is -0.480 e. The van der Waals surface area contributed by atoms with Gasteiger partial charge in [-0.05, 0) is 42.8 Å². The van der Waals surface area contributed by atoms with E-state index in [4.69, 9.17) is 0 Å². The van der Waals surface area contributed by atoms with Crippen LogP contribution in [0, 0.1) is 0 Å². The van der Waals surface area contributed by atoms with Gasteiger partial charge in [0.1, 0.15) is 10.9 Å². The summed E-state index contributed by atoms with van der Waals surface area (Å²) in [5.41, 5.74) is 0.810. The maximum absolute atomic E-state index is 12.8. The van der Waals surface area contributed by atoms with Gasteiger partial charge in [-0.3, -0.25) is 4.79 Å². The van der Waals surface area contributed by atoms with Crippen LogP contribution < -0.4 is 0 Å². The van der Waals surface area contributed by atoms with Crippen molar-refractivity contribution >= 4 is 23.2 Å². The van der Waals surface area contributed by atoms with Crippen LogP contribution in [0.4, 0.5) is 0 Å². The molecule has 1 aliphatic heterocycles. The maximum atomic E-state index is 12.8. The Morgan fingerprint density at radius 3 is 2.71 bits per heavy atom. The SMILES string of the molecule is O=C(O)[C@@H]1CCCCN1C(=O)c1sccc1-n1cccc1. The lowest BCUT2D eigenvalue weighted by atomic mass is 10.0. The molecule has 21 heavy (non-hydrogen) atoms. The number of hydrogen-bond acceptors (Lipinski definition) is 3. The van der Waals surface area contributed by atoms with Gasteiger partial charge in [0.2, 0.25) is 0 Å². The number of likely N-dealkylation sites (tertiary alicyclic amines) is 1. The number of amides is 1. The second-order valence-electron chi connectivity index (χ2n) is 5.07. The maximum Gasteiger partial charge on any atom is 0.326 e. The van der Waals surface area contributed by atoms with E-state index < -0.39 is 12.0 Å². The number of carboxylic acids is 1. The average molecular weight is 304 g/mol. The van der Waals surface area contributed by atoms with Crippen LogP contribution >= 0.6 is 11.3 Å². The summed E-state index contributed by atoms with van der Waals surface area (Å²) >= 11 is 1.36. The third-order valence-electron chi connectivity index (χ3n) is 3.77. The first-order valence-corrected chi connectivity index (χ1v) is 7.81. The van der Waals surface area contributed by atoms with Crippen molar-refractivity contribution in [1.82, 2.24) is 9.47 Å². The molecule has 0 aliphatic carbocycles. The Labute approximate surface area is 126 Å². The standard InChI is InChI=1S/C15H16N2O3S/c18-14(17-9-2-1-5-12(17)15(19)20)13-11(6-10-21-13)16-7-3-4-8-16/h3-4,6-8,10,12H,1-2,5,9H2,(H,19,20)/t12-/m0/s1. The molecule has 0 saturated carbocycles. The highest BCUT2D eigenvalue weighted by molar-refractivity contribution is 7.12. The van der Waals surface area contributed by atoms with Crippen molar-refractivity contribution in [3.63, 3.8) is 0 Å². The Morgan fingerprint density at radius 2 is 2.00 bits per heavy atom. The molecule has 110 valence electrons. The van der Waals surface area contributed by atoms with Crippen molar-refractivity contribution in [1.29, 1.82) is 0 Å². The number of aliphatic carboxylic acids is 1. The largest absolute Gasteiger partial charge is 0.480 e. The minimum absolute atomic E-state index is 0.180. The van der Waals surface area contributed by atoms with E-state index in [1.54, 1.807) is 0 Å². The summed E-state index contributed by atoms with van der Waals surface area (Å²) in [5, 5.41) is 11.2. The van der Waals surface area contributed by atoms with E-state index in [0.717, 1.165) is 18.5 Å². The Balaban J connectivity index is 1.92. The lowest BCUT2D eigenvalue weighted by Crippen LogP contribution is -2.47. The molecule has 0 bridgehead atoms. The van der Waals surface area contributed by atoms with Crippen LogP contribution in [0.5, 0.6) is 0 Å². The number of rotatable bonds is 3. The first-order chi connectivity index (χ1) is 10.2. The quantitative estimate of drug-likeness (QED) is 0.948. The number of carboxylic acid groups (broad SMARTS) is 1. The van der Waals surface area contributed by atoms with Gasteiger partial charge in [0.25, 0.3) is 5.91 Å². The van der Waals surface area contributed by atoms with Crippen molar-refractivity contribution in [3.8, 4) is 5.69 Å². The number of thiophene rings is 1. The Morgan fingerprint density at radius 1 is 1.24 bits per heavy atom. The third kappa shape index (κ3) is 2.58. The van der Waals surface area contributed by atoms with Crippen molar-refractivity contribution in [2.45, 2.75) is 25.3 Å². The van der Waals surface area contributed by atoms with E-state index >= 15 is 0 Å². The predicted octanol–water partition coefficient (Wildman–Crippen LogP) is 2.62. The zero-order valence-corrected chi connectivity index (χ0v) is 12.3. The van der Waals surface area contributed by atoms with Gasteiger partial charge < -0.3 is 14.6 Å². The zero-order chi connectivity index (χ0) is 14.8. The molecule has 2 aromatic rings. The summed E-state index contributed by atoms with van der Waals surface area (Å²) in [6.07, 6.45) is 6.01. The molecule has 0 spiro atoms. The Hall–Kier alpha value is -2.08. The number of carbonyl (C=O) groups excluding carboxylic acids is 1. The summed E-state index contributed by atoms with van der Waals surface area (Å²) in [6.45, 7) is 0.513. The fourth-order valence-corrected chi connectivity index (χ4v) is 3.57. The van der Waals surface area contributed by atoms with Crippen LogP contribution in [0.25, 0.3) is 5.69 Å². The molecule has 5 nitrogen and oxygen atoms in total. The molecule has 0 unspecified atom stereocenters. The molecule has 1 amide bonds. The molecule has 0 radical (unpaired) electrons. The number of piperidine rings is 1. The van der Waals surface area contributed by atoms with Crippen LogP contribution in [0.15, 0.2) is 36.0 Å². The topological polar surface area (TPSA) is 62.5 Å². The van der Waals surface area contributed by atoms with Gasteiger partial charge >= 0.3 is 5.97 Å². The summed E-state index contributed by atoms with van der Waals surface area (Å²) in [6, 6.07) is 4.98. The van der Waals surface area contributed by atoms with Crippen LogP contribution in [0.3, 0.4) is 0 Å². The van der Waals surface area contributed by atoms with E-state index in [1.165, 1.54) is 16.2 Å². The van der Waals surface area contributed by atoms with E-state index in [9.17, 15) is 14.7 Å². The second-order valence-corrected chi connectivity index (χ2v) is 5.99. The van der Waals surface area contributed by atoms with Gasteiger partial charge in [0.05, 0.1) is 5.69 Å². The molecule has 6 heteroatoms. The summed E-state index contributed by atoms with van der Waals surface area (Å²) in [7, 11) is 0. The lowest BCUT2D eigenvalue weighted by molar-refractivity contribution is -0.143. The van der Waals surface area contributed by atoms with Gasteiger partial charge in [0.15, 0.2) is 0 Å². The van der Waals surface area contributed by atoms with Gasteiger partial charge in [-0.25, -0.2) is 4.79 Å². The number of hydrogen-bond donors (Lipinski definition) is 1. The molecule has 1 N–H and O–H groups in total. The third-order valence-corrected chi connectivity index (χ3v) is 4.66.